The average molecular weight is 473 g/mol. The molecule has 1 N–H and O–H groups in total. The number of aliphatic hydroxyl groups excluding tert-OH is 1. The monoisotopic (exact) mass is 470 g/mol. The normalized spacial score (nSPS) is 9.48. The topological polar surface area (TPSA) is 20.2 Å². The molecule has 0 heterocycles. The van der Waals surface area contributed by atoms with Crippen LogP contribution in [0.25, 0.3) is 10.8 Å². The average Bonchev–Trinajstić information content (AvgIpc) is 3.10. The van der Waals surface area contributed by atoms with Crippen LogP contribution in [0.15, 0.2) is 54.6 Å². The molecule has 134 valence electrons. The van der Waals surface area contributed by atoms with Gasteiger partial charge in [-0.05, 0) is 12.8 Å². The number of rotatable bonds is 4. The summed E-state index contributed by atoms with van der Waals surface area (Å²) in [7, 11) is -0.644. The minimum absolute atomic E-state index is 0. The van der Waals surface area contributed by atoms with Crippen LogP contribution in [0.4, 0.5) is 0 Å². The van der Waals surface area contributed by atoms with Gasteiger partial charge >= 0.3 is 26.2 Å². The van der Waals surface area contributed by atoms with E-state index < -0.39 is 8.80 Å². The van der Waals surface area contributed by atoms with E-state index in [9.17, 15) is 0 Å². The van der Waals surface area contributed by atoms with Gasteiger partial charge in [-0.25, -0.2) is 12.1 Å². The van der Waals surface area contributed by atoms with Gasteiger partial charge in [0.2, 0.25) is 0 Å². The van der Waals surface area contributed by atoms with Crippen molar-refractivity contribution >= 4 is 24.8 Å². The molecule has 0 saturated heterocycles. The summed E-state index contributed by atoms with van der Waals surface area (Å²) in [5.41, 5.74) is 2.81. The van der Waals surface area contributed by atoms with Crippen LogP contribution in [0.1, 0.15) is 17.5 Å². The smallest absolute Gasteiger partial charge is 1.00 e. The van der Waals surface area contributed by atoms with Gasteiger partial charge in [0.25, 0.3) is 0 Å². The molecule has 0 aliphatic heterocycles. The minimum Gasteiger partial charge on any atom is -1.00 e. The van der Waals surface area contributed by atoms with Gasteiger partial charge in [-0.15, -0.1) is 40.6 Å². The van der Waals surface area contributed by atoms with Crippen molar-refractivity contribution in [1.29, 1.82) is 0 Å². The van der Waals surface area contributed by atoms with E-state index in [1.807, 2.05) is 0 Å². The zero-order valence-electron chi connectivity index (χ0n) is 15.1. The fourth-order valence-electron chi connectivity index (χ4n) is 2.84. The number of aryl methyl sites for hydroxylation is 2. The molecule has 0 unspecified atom stereocenters. The van der Waals surface area contributed by atoms with Crippen LogP contribution >= 0.6 is 0 Å². The third-order valence-corrected chi connectivity index (χ3v) is 5.74. The summed E-state index contributed by atoms with van der Waals surface area (Å²) < 4.78 is 0. The molecule has 0 fully saturated rings. The van der Waals surface area contributed by atoms with E-state index in [0.29, 0.717) is 6.61 Å². The fourth-order valence-corrected chi connectivity index (χ4v) is 4.32. The van der Waals surface area contributed by atoms with E-state index in [2.05, 4.69) is 74.6 Å². The van der Waals surface area contributed by atoms with E-state index >= 15 is 0 Å². The Labute approximate surface area is 185 Å². The predicted octanol–water partition coefficient (Wildman–Crippen LogP) is -2.10. The molecule has 0 aliphatic rings. The first-order chi connectivity index (χ1) is 10.6. The SMILES string of the molecule is C[SiH](C)[c-]1cccc1CCCO.Cc1cc2ccccc2[cH-]1.[Cl-].[Cl-].[Zr+4]. The second-order valence-electron chi connectivity index (χ2n) is 6.15. The van der Waals surface area contributed by atoms with Crippen LogP contribution < -0.4 is 30.0 Å². The summed E-state index contributed by atoms with van der Waals surface area (Å²) in [4.78, 5) is 0. The van der Waals surface area contributed by atoms with Gasteiger partial charge < -0.3 is 29.9 Å². The van der Waals surface area contributed by atoms with Crippen LogP contribution in [0, 0.1) is 6.92 Å². The van der Waals surface area contributed by atoms with Gasteiger partial charge in [0.15, 0.2) is 0 Å². The number of benzene rings is 1. The third kappa shape index (κ3) is 8.37. The molecule has 0 aliphatic carbocycles. The van der Waals surface area contributed by atoms with Crippen molar-refractivity contribution in [1.82, 2.24) is 0 Å². The summed E-state index contributed by atoms with van der Waals surface area (Å²) >= 11 is 0. The molecule has 1 nitrogen and oxygen atoms in total. The first kappa shape index (κ1) is 27.0. The number of aliphatic hydroxyl groups is 1. The van der Waals surface area contributed by atoms with E-state index in [1.54, 1.807) is 5.19 Å². The van der Waals surface area contributed by atoms with E-state index in [4.69, 9.17) is 5.11 Å². The molecule has 0 amide bonds. The van der Waals surface area contributed by atoms with Crippen LogP contribution in [0.2, 0.25) is 13.1 Å². The van der Waals surface area contributed by atoms with Crippen LogP contribution in [0.5, 0.6) is 0 Å². The van der Waals surface area contributed by atoms with Crippen molar-refractivity contribution in [3.05, 3.63) is 65.7 Å². The standard InChI is InChI=1S/C10H17OSi.C10H9.2ClH.Zr/c1-12(2)10-7-3-5-9(10)6-4-8-11;1-8-6-9-4-2-3-5-10(9)7-8;;;/h3,5,7,11-12H,4,6,8H2,1-2H3;2-7H,1H3;2*1H;/q2*-1;;;+4/p-2. The molecule has 0 radical (unpaired) electrons. The summed E-state index contributed by atoms with van der Waals surface area (Å²) in [6.07, 6.45) is 1.95. The maximum absolute atomic E-state index is 8.71. The molecule has 5 heteroatoms. The molecule has 0 spiro atoms. The maximum atomic E-state index is 8.71. The van der Waals surface area contributed by atoms with Crippen molar-refractivity contribution in [2.24, 2.45) is 0 Å². The first-order valence-electron chi connectivity index (χ1n) is 8.09. The molecule has 3 rings (SSSR count). The summed E-state index contributed by atoms with van der Waals surface area (Å²) in [5.74, 6) is 0. The van der Waals surface area contributed by atoms with E-state index in [0.717, 1.165) is 12.8 Å². The van der Waals surface area contributed by atoms with Crippen LogP contribution in [-0.2, 0) is 32.6 Å². The Hall–Kier alpha value is -0.180. The number of hydrogen-bond acceptors (Lipinski definition) is 1. The van der Waals surface area contributed by atoms with Crippen molar-refractivity contribution < 1.29 is 56.1 Å². The van der Waals surface area contributed by atoms with Crippen molar-refractivity contribution in [3.8, 4) is 0 Å². The van der Waals surface area contributed by atoms with Gasteiger partial charge in [-0.1, -0.05) is 26.1 Å². The minimum atomic E-state index is -0.644. The third-order valence-electron chi connectivity index (χ3n) is 3.93. The second-order valence-corrected chi connectivity index (χ2v) is 9.08. The Balaban J connectivity index is 0. The van der Waals surface area contributed by atoms with Gasteiger partial charge in [-0.2, -0.15) is 22.9 Å². The van der Waals surface area contributed by atoms with Crippen LogP contribution in [0.3, 0.4) is 0 Å². The van der Waals surface area contributed by atoms with Gasteiger partial charge in [0, 0.05) is 15.4 Å². The Morgan fingerprint density at radius 3 is 2.36 bits per heavy atom. The second kappa shape index (κ2) is 13.9. The molecule has 3 aromatic rings. The largest absolute Gasteiger partial charge is 4.00 e. The molecule has 3 aromatic carbocycles. The van der Waals surface area contributed by atoms with Crippen molar-refractivity contribution in [2.45, 2.75) is 32.9 Å². The van der Waals surface area contributed by atoms with Crippen molar-refractivity contribution in [3.63, 3.8) is 0 Å². The zero-order valence-corrected chi connectivity index (χ0v) is 20.2. The molecular weight excluding hydrogens is 446 g/mol. The summed E-state index contributed by atoms with van der Waals surface area (Å²) in [6, 6.07) is 19.4. The predicted molar refractivity (Wildman–Crippen MR) is 100 cm³/mol. The van der Waals surface area contributed by atoms with E-state index in [-0.39, 0.29) is 51.0 Å². The Bertz CT molecular complexity index is 673. The van der Waals surface area contributed by atoms with Crippen molar-refractivity contribution in [2.75, 3.05) is 6.61 Å². The molecule has 0 saturated carbocycles. The van der Waals surface area contributed by atoms with Gasteiger partial charge in [-0.3, -0.25) is 0 Å². The Kier molecular flexibility index (Phi) is 15.1. The Morgan fingerprint density at radius 1 is 1.08 bits per heavy atom. The summed E-state index contributed by atoms with van der Waals surface area (Å²) in [5, 5.41) is 13.0. The number of halogens is 2. The Morgan fingerprint density at radius 2 is 1.76 bits per heavy atom. The van der Waals surface area contributed by atoms with Crippen LogP contribution in [-0.4, -0.2) is 20.5 Å². The molecular formula is C20H26Cl2OSiZr. The fraction of sp³-hybridized carbons (Fsp3) is 0.300. The zero-order chi connectivity index (χ0) is 15.9. The quantitative estimate of drug-likeness (QED) is 0.341. The summed E-state index contributed by atoms with van der Waals surface area (Å²) in [6.45, 7) is 7.12. The molecule has 0 aromatic heterocycles. The maximum Gasteiger partial charge on any atom is 4.00 e. The number of fused-ring (bicyclic) bond motifs is 1. The van der Waals surface area contributed by atoms with E-state index in [1.165, 1.54) is 21.9 Å². The van der Waals surface area contributed by atoms with Gasteiger partial charge in [0.1, 0.15) is 0 Å². The molecule has 25 heavy (non-hydrogen) atoms. The molecule has 0 atom stereocenters. The van der Waals surface area contributed by atoms with Gasteiger partial charge in [0.05, 0.1) is 0 Å². The first-order valence-corrected chi connectivity index (χ1v) is 11.0. The number of hydrogen-bond donors (Lipinski definition) is 1. The molecule has 0 bridgehead atoms.